The number of benzene rings is 2. The number of sulfonamides is 1. The van der Waals surface area contributed by atoms with Crippen LogP contribution < -0.4 is 10.1 Å². The highest BCUT2D eigenvalue weighted by Gasteiger charge is 2.23. The fourth-order valence-electron chi connectivity index (χ4n) is 3.82. The summed E-state index contributed by atoms with van der Waals surface area (Å²) in [4.78, 5) is 17.4. The second kappa shape index (κ2) is 11.2. The van der Waals surface area contributed by atoms with Gasteiger partial charge >= 0.3 is 0 Å². The molecule has 10 heteroatoms. The number of fused-ring (bicyclic) bond motifs is 1. The van der Waals surface area contributed by atoms with E-state index >= 15 is 0 Å². The van der Waals surface area contributed by atoms with E-state index in [0.717, 1.165) is 18.2 Å². The van der Waals surface area contributed by atoms with Gasteiger partial charge in [-0.25, -0.2) is 13.4 Å². The number of ether oxygens (including phenoxy) is 1. The number of anilines is 1. The minimum Gasteiger partial charge on any atom is -0.490 e. The molecule has 0 unspecified atom stereocenters. The summed E-state index contributed by atoms with van der Waals surface area (Å²) in [6.07, 6.45) is 1.47. The Kier molecular flexibility index (Phi) is 8.07. The lowest BCUT2D eigenvalue weighted by Gasteiger charge is -2.21. The van der Waals surface area contributed by atoms with Crippen molar-refractivity contribution in [1.29, 1.82) is 0 Å². The standard InChI is InChI=1S/C26H29N3O5S2/c1-4-14-29(15-5-2)36(31,32)20-12-10-18(11-13-20)25(30)28-26-27-21(17-35-26)23-16-19-8-7-9-22(33-6-3)24(19)34-23/h7-13,16-17H,4-6,14-15H2,1-3H3,(H,27,28,30). The number of hydrogen-bond donors (Lipinski definition) is 1. The number of rotatable bonds is 11. The van der Waals surface area contributed by atoms with Crippen molar-refractivity contribution in [3.63, 3.8) is 0 Å². The van der Waals surface area contributed by atoms with Crippen LogP contribution in [0.4, 0.5) is 5.13 Å². The molecule has 0 aliphatic heterocycles. The van der Waals surface area contributed by atoms with Crippen molar-refractivity contribution >= 4 is 43.4 Å². The molecule has 2 heterocycles. The Labute approximate surface area is 215 Å². The largest absolute Gasteiger partial charge is 0.490 e. The highest BCUT2D eigenvalue weighted by atomic mass is 32.2. The van der Waals surface area contributed by atoms with E-state index in [4.69, 9.17) is 9.15 Å². The number of carbonyl (C=O) groups is 1. The average Bonchev–Trinajstić information content (AvgIpc) is 3.52. The predicted octanol–water partition coefficient (Wildman–Crippen LogP) is 6.02. The van der Waals surface area contributed by atoms with Gasteiger partial charge in [-0.1, -0.05) is 26.0 Å². The van der Waals surface area contributed by atoms with Gasteiger partial charge in [-0.3, -0.25) is 10.1 Å². The van der Waals surface area contributed by atoms with Crippen LogP contribution in [0.5, 0.6) is 5.75 Å². The van der Waals surface area contributed by atoms with Crippen LogP contribution in [0.25, 0.3) is 22.4 Å². The molecule has 4 rings (SSSR count). The van der Waals surface area contributed by atoms with Gasteiger partial charge in [-0.15, -0.1) is 11.3 Å². The van der Waals surface area contributed by atoms with Crippen molar-refractivity contribution in [2.45, 2.75) is 38.5 Å². The van der Waals surface area contributed by atoms with Crippen molar-refractivity contribution < 1.29 is 22.4 Å². The van der Waals surface area contributed by atoms with Gasteiger partial charge < -0.3 is 9.15 Å². The average molecular weight is 528 g/mol. The minimum atomic E-state index is -3.60. The zero-order valence-electron chi connectivity index (χ0n) is 20.5. The third kappa shape index (κ3) is 5.45. The van der Waals surface area contributed by atoms with E-state index in [1.165, 1.54) is 39.9 Å². The molecule has 36 heavy (non-hydrogen) atoms. The Morgan fingerprint density at radius 2 is 1.81 bits per heavy atom. The van der Waals surface area contributed by atoms with Crippen LogP contribution in [0.2, 0.25) is 0 Å². The van der Waals surface area contributed by atoms with Gasteiger partial charge in [0.15, 0.2) is 22.2 Å². The molecule has 0 saturated heterocycles. The van der Waals surface area contributed by atoms with E-state index in [1.807, 2.05) is 45.0 Å². The topological polar surface area (TPSA) is 102 Å². The van der Waals surface area contributed by atoms with Gasteiger partial charge in [0.25, 0.3) is 5.91 Å². The van der Waals surface area contributed by atoms with Gasteiger partial charge in [0.2, 0.25) is 10.0 Å². The van der Waals surface area contributed by atoms with Crippen LogP contribution in [0, 0.1) is 0 Å². The van der Waals surface area contributed by atoms with E-state index < -0.39 is 10.0 Å². The van der Waals surface area contributed by atoms with Gasteiger partial charge in [0.05, 0.1) is 11.5 Å². The molecular weight excluding hydrogens is 498 g/mol. The van der Waals surface area contributed by atoms with Crippen molar-refractivity contribution in [1.82, 2.24) is 9.29 Å². The SMILES string of the molecule is CCCN(CCC)S(=O)(=O)c1ccc(C(=O)Nc2nc(-c3cc4cccc(OCC)c4o3)cs2)cc1. The van der Waals surface area contributed by atoms with E-state index in [2.05, 4.69) is 10.3 Å². The first kappa shape index (κ1) is 25.9. The van der Waals surface area contributed by atoms with E-state index in [0.29, 0.717) is 53.2 Å². The summed E-state index contributed by atoms with van der Waals surface area (Å²) < 4.78 is 39.0. The van der Waals surface area contributed by atoms with Crippen molar-refractivity contribution in [3.8, 4) is 17.2 Å². The summed E-state index contributed by atoms with van der Waals surface area (Å²) in [6.45, 7) is 7.26. The predicted molar refractivity (Wildman–Crippen MR) is 142 cm³/mol. The summed E-state index contributed by atoms with van der Waals surface area (Å²) in [5, 5.41) is 5.90. The smallest absolute Gasteiger partial charge is 0.257 e. The highest BCUT2D eigenvalue weighted by molar-refractivity contribution is 7.89. The number of amides is 1. The summed E-state index contributed by atoms with van der Waals surface area (Å²) >= 11 is 1.28. The molecule has 4 aromatic rings. The van der Waals surface area contributed by atoms with Crippen molar-refractivity contribution in [3.05, 3.63) is 59.5 Å². The second-order valence-electron chi connectivity index (χ2n) is 8.14. The Balaban J connectivity index is 1.48. The maximum atomic E-state index is 12.9. The monoisotopic (exact) mass is 527 g/mol. The molecule has 2 aromatic carbocycles. The number of hydrogen-bond acceptors (Lipinski definition) is 7. The lowest BCUT2D eigenvalue weighted by atomic mass is 10.2. The van der Waals surface area contributed by atoms with E-state index in [-0.39, 0.29) is 10.8 Å². The van der Waals surface area contributed by atoms with E-state index in [9.17, 15) is 13.2 Å². The molecule has 2 aromatic heterocycles. The molecule has 0 atom stereocenters. The summed E-state index contributed by atoms with van der Waals surface area (Å²) in [5.41, 5.74) is 1.59. The molecule has 0 aliphatic rings. The Morgan fingerprint density at radius 3 is 2.47 bits per heavy atom. The third-order valence-electron chi connectivity index (χ3n) is 5.49. The van der Waals surface area contributed by atoms with Crippen LogP contribution in [-0.2, 0) is 10.0 Å². The number of nitrogens with one attached hydrogen (secondary N) is 1. The lowest BCUT2D eigenvalue weighted by molar-refractivity contribution is 0.102. The Morgan fingerprint density at radius 1 is 1.08 bits per heavy atom. The Hall–Kier alpha value is -3.21. The second-order valence-corrected chi connectivity index (χ2v) is 10.9. The lowest BCUT2D eigenvalue weighted by Crippen LogP contribution is -2.32. The molecule has 0 radical (unpaired) electrons. The molecule has 1 amide bonds. The normalized spacial score (nSPS) is 11.8. The van der Waals surface area contributed by atoms with Crippen LogP contribution in [0.15, 0.2) is 63.2 Å². The maximum absolute atomic E-state index is 12.9. The molecule has 190 valence electrons. The maximum Gasteiger partial charge on any atom is 0.257 e. The van der Waals surface area contributed by atoms with Gasteiger partial charge in [0.1, 0.15) is 5.69 Å². The number of thiazole rings is 1. The fourth-order valence-corrected chi connectivity index (χ4v) is 6.14. The molecule has 0 bridgehead atoms. The summed E-state index contributed by atoms with van der Waals surface area (Å²) in [7, 11) is -3.60. The van der Waals surface area contributed by atoms with Crippen LogP contribution in [0.3, 0.4) is 0 Å². The summed E-state index contributed by atoms with van der Waals surface area (Å²) in [5.74, 6) is 0.872. The first-order valence-electron chi connectivity index (χ1n) is 11.9. The van der Waals surface area contributed by atoms with E-state index in [1.54, 1.807) is 5.38 Å². The van der Waals surface area contributed by atoms with Crippen LogP contribution in [0.1, 0.15) is 44.0 Å². The highest BCUT2D eigenvalue weighted by Crippen LogP contribution is 2.34. The molecule has 1 N–H and O–H groups in total. The molecule has 0 fully saturated rings. The number of carbonyl (C=O) groups excluding carboxylic acids is 1. The zero-order valence-corrected chi connectivity index (χ0v) is 22.1. The molecule has 0 aliphatic carbocycles. The van der Waals surface area contributed by atoms with Crippen molar-refractivity contribution in [2.24, 2.45) is 0 Å². The number of aromatic nitrogens is 1. The number of furan rings is 1. The van der Waals surface area contributed by atoms with Crippen LogP contribution in [-0.4, -0.2) is 43.3 Å². The quantitative estimate of drug-likeness (QED) is 0.256. The molecule has 8 nitrogen and oxygen atoms in total. The first-order valence-corrected chi connectivity index (χ1v) is 14.2. The molecule has 0 spiro atoms. The van der Waals surface area contributed by atoms with Crippen molar-refractivity contribution in [2.75, 3.05) is 25.0 Å². The number of para-hydroxylation sites is 1. The number of nitrogens with zero attached hydrogens (tertiary/aromatic N) is 2. The third-order valence-corrected chi connectivity index (χ3v) is 8.16. The fraction of sp³-hybridized carbons (Fsp3) is 0.308. The molecule has 0 saturated carbocycles. The zero-order chi connectivity index (χ0) is 25.7. The Bertz CT molecular complexity index is 1440. The van der Waals surface area contributed by atoms with Gasteiger partial charge in [-0.2, -0.15) is 4.31 Å². The minimum absolute atomic E-state index is 0.175. The first-order chi connectivity index (χ1) is 17.4. The van der Waals surface area contributed by atoms with Crippen LogP contribution >= 0.6 is 11.3 Å². The van der Waals surface area contributed by atoms with Gasteiger partial charge in [-0.05, 0) is 56.2 Å². The summed E-state index contributed by atoms with van der Waals surface area (Å²) in [6, 6.07) is 13.6. The molecular formula is C26H29N3O5S2. The van der Waals surface area contributed by atoms with Gasteiger partial charge in [0, 0.05) is 29.4 Å².